The summed E-state index contributed by atoms with van der Waals surface area (Å²) in [6, 6.07) is 0. The minimum atomic E-state index is 0.234. The molecule has 0 amide bonds. The fourth-order valence-corrected chi connectivity index (χ4v) is 1.91. The molecule has 0 aromatic carbocycles. The van der Waals surface area contributed by atoms with E-state index in [-0.39, 0.29) is 5.54 Å². The molecule has 1 saturated heterocycles. The monoisotopic (exact) mass is 171 g/mol. The molecule has 1 heterocycles. The molecule has 0 radical (unpaired) electrons. The summed E-state index contributed by atoms with van der Waals surface area (Å²) in [6.45, 7) is 7.88. The van der Waals surface area contributed by atoms with Crippen molar-refractivity contribution in [2.45, 2.75) is 51.7 Å². The van der Waals surface area contributed by atoms with Crippen LogP contribution in [0.15, 0.2) is 0 Å². The second-order valence-electron chi connectivity index (χ2n) is 4.54. The highest BCUT2D eigenvalue weighted by Crippen LogP contribution is 2.23. The zero-order valence-electron chi connectivity index (χ0n) is 8.43. The first-order chi connectivity index (χ1) is 5.55. The van der Waals surface area contributed by atoms with Crippen LogP contribution in [0.5, 0.6) is 0 Å². The first-order valence-corrected chi connectivity index (χ1v) is 4.78. The molecule has 1 aliphatic heterocycles. The topological polar surface area (TPSA) is 41.3 Å². The molecule has 1 rings (SSSR count). The number of piperidine rings is 1. The molecular formula is C9H21N3. The minimum absolute atomic E-state index is 0.234. The van der Waals surface area contributed by atoms with Crippen LogP contribution in [0, 0.1) is 0 Å². The molecule has 0 aliphatic carbocycles. The van der Waals surface area contributed by atoms with Crippen LogP contribution in [-0.2, 0) is 0 Å². The summed E-state index contributed by atoms with van der Waals surface area (Å²) in [5.74, 6) is 5.50. The van der Waals surface area contributed by atoms with Crippen molar-refractivity contribution in [1.29, 1.82) is 0 Å². The lowest BCUT2D eigenvalue weighted by Crippen LogP contribution is -2.58. The maximum absolute atomic E-state index is 5.50. The lowest BCUT2D eigenvalue weighted by molar-refractivity contribution is 0.0338. The predicted octanol–water partition coefficient (Wildman–Crippen LogP) is 1.06. The summed E-state index contributed by atoms with van der Waals surface area (Å²) in [5.41, 5.74) is 3.12. The van der Waals surface area contributed by atoms with Gasteiger partial charge in [0, 0.05) is 12.1 Å². The van der Waals surface area contributed by atoms with Crippen LogP contribution in [0.1, 0.15) is 40.0 Å². The SMILES string of the molecule is CC(C)(C)N1CCCCC1NN. The Kier molecular flexibility index (Phi) is 3.09. The Hall–Kier alpha value is -0.120. The van der Waals surface area contributed by atoms with Gasteiger partial charge in [0.15, 0.2) is 0 Å². The molecule has 0 aromatic heterocycles. The number of hydrogen-bond acceptors (Lipinski definition) is 3. The summed E-state index contributed by atoms with van der Waals surface area (Å²) >= 11 is 0. The Bertz CT molecular complexity index is 139. The molecule has 1 unspecified atom stereocenters. The van der Waals surface area contributed by atoms with E-state index in [2.05, 4.69) is 31.1 Å². The smallest absolute Gasteiger partial charge is 0.0730 e. The zero-order valence-corrected chi connectivity index (χ0v) is 8.43. The second-order valence-corrected chi connectivity index (χ2v) is 4.54. The van der Waals surface area contributed by atoms with E-state index in [9.17, 15) is 0 Å². The second kappa shape index (κ2) is 3.73. The highest BCUT2D eigenvalue weighted by atomic mass is 15.4. The van der Waals surface area contributed by atoms with Gasteiger partial charge in [0.2, 0.25) is 0 Å². The fourth-order valence-electron chi connectivity index (χ4n) is 1.91. The average molecular weight is 171 g/mol. The molecule has 1 atom stereocenters. The number of nitrogens with zero attached hydrogens (tertiary/aromatic N) is 1. The molecule has 0 spiro atoms. The molecule has 1 fully saturated rings. The standard InChI is InChI=1S/C9H21N3/c1-9(2,3)12-7-5-4-6-8(12)11-10/h8,11H,4-7,10H2,1-3H3. The molecule has 0 aromatic rings. The van der Waals surface area contributed by atoms with Gasteiger partial charge in [-0.15, -0.1) is 0 Å². The number of nitrogens with one attached hydrogen (secondary N) is 1. The summed E-state index contributed by atoms with van der Waals surface area (Å²) in [6.07, 6.45) is 4.14. The van der Waals surface area contributed by atoms with E-state index >= 15 is 0 Å². The van der Waals surface area contributed by atoms with Gasteiger partial charge in [-0.05, 0) is 40.0 Å². The van der Waals surface area contributed by atoms with E-state index in [1.807, 2.05) is 0 Å². The van der Waals surface area contributed by atoms with Crippen molar-refractivity contribution in [3.63, 3.8) is 0 Å². The van der Waals surface area contributed by atoms with E-state index < -0.39 is 0 Å². The summed E-state index contributed by atoms with van der Waals surface area (Å²) in [4.78, 5) is 2.44. The maximum atomic E-state index is 5.50. The molecule has 72 valence electrons. The Morgan fingerprint density at radius 2 is 2.00 bits per heavy atom. The number of hydrogen-bond donors (Lipinski definition) is 2. The van der Waals surface area contributed by atoms with Crippen LogP contribution in [0.2, 0.25) is 0 Å². The Labute approximate surface area is 75.3 Å². The highest BCUT2D eigenvalue weighted by Gasteiger charge is 2.29. The van der Waals surface area contributed by atoms with E-state index in [0.717, 1.165) is 0 Å². The first-order valence-electron chi connectivity index (χ1n) is 4.78. The van der Waals surface area contributed by atoms with Gasteiger partial charge in [0.1, 0.15) is 0 Å². The van der Waals surface area contributed by atoms with Crippen molar-refractivity contribution in [2.75, 3.05) is 6.54 Å². The van der Waals surface area contributed by atoms with Gasteiger partial charge in [0.25, 0.3) is 0 Å². The van der Waals surface area contributed by atoms with Crippen LogP contribution < -0.4 is 11.3 Å². The van der Waals surface area contributed by atoms with E-state index in [1.54, 1.807) is 0 Å². The number of hydrazine groups is 1. The van der Waals surface area contributed by atoms with Crippen LogP contribution in [0.25, 0.3) is 0 Å². The molecule has 3 N–H and O–H groups in total. The van der Waals surface area contributed by atoms with Gasteiger partial charge in [-0.2, -0.15) is 0 Å². The van der Waals surface area contributed by atoms with Gasteiger partial charge < -0.3 is 0 Å². The molecule has 3 heteroatoms. The Morgan fingerprint density at radius 3 is 2.42 bits per heavy atom. The van der Waals surface area contributed by atoms with Crippen LogP contribution in [0.4, 0.5) is 0 Å². The molecular weight excluding hydrogens is 150 g/mol. The highest BCUT2D eigenvalue weighted by molar-refractivity contribution is 4.83. The minimum Gasteiger partial charge on any atom is -0.282 e. The van der Waals surface area contributed by atoms with E-state index in [4.69, 9.17) is 5.84 Å². The average Bonchev–Trinajstić information content (AvgIpc) is 2.03. The van der Waals surface area contributed by atoms with Gasteiger partial charge >= 0.3 is 0 Å². The Balaban J connectivity index is 2.59. The molecule has 3 nitrogen and oxygen atoms in total. The molecule has 0 saturated carbocycles. The summed E-state index contributed by atoms with van der Waals surface area (Å²) < 4.78 is 0. The van der Waals surface area contributed by atoms with E-state index in [1.165, 1.54) is 25.8 Å². The molecule has 1 aliphatic rings. The van der Waals surface area contributed by atoms with E-state index in [0.29, 0.717) is 6.17 Å². The van der Waals surface area contributed by atoms with Gasteiger partial charge in [-0.25, -0.2) is 5.43 Å². The first kappa shape index (κ1) is 9.96. The van der Waals surface area contributed by atoms with Crippen LogP contribution in [-0.4, -0.2) is 23.1 Å². The molecule has 0 bridgehead atoms. The third-order valence-electron chi connectivity index (χ3n) is 2.56. The van der Waals surface area contributed by atoms with Crippen molar-refractivity contribution in [1.82, 2.24) is 10.3 Å². The van der Waals surface area contributed by atoms with Gasteiger partial charge in [-0.1, -0.05) is 0 Å². The van der Waals surface area contributed by atoms with Crippen LogP contribution >= 0.6 is 0 Å². The van der Waals surface area contributed by atoms with Crippen molar-refractivity contribution < 1.29 is 0 Å². The summed E-state index contributed by atoms with van der Waals surface area (Å²) in [5, 5.41) is 0. The zero-order chi connectivity index (χ0) is 9.19. The fraction of sp³-hybridized carbons (Fsp3) is 1.00. The normalized spacial score (nSPS) is 27.5. The predicted molar refractivity (Wildman–Crippen MR) is 51.4 cm³/mol. The number of rotatable bonds is 1. The Morgan fingerprint density at radius 1 is 1.33 bits per heavy atom. The largest absolute Gasteiger partial charge is 0.282 e. The quantitative estimate of drug-likeness (QED) is 0.458. The molecule has 12 heavy (non-hydrogen) atoms. The summed E-state index contributed by atoms with van der Waals surface area (Å²) in [7, 11) is 0. The van der Waals surface area contributed by atoms with Crippen molar-refractivity contribution in [2.24, 2.45) is 5.84 Å². The van der Waals surface area contributed by atoms with Gasteiger partial charge in [0.05, 0.1) is 6.17 Å². The third-order valence-corrected chi connectivity index (χ3v) is 2.56. The third kappa shape index (κ3) is 2.19. The van der Waals surface area contributed by atoms with Crippen molar-refractivity contribution >= 4 is 0 Å². The van der Waals surface area contributed by atoms with Crippen LogP contribution in [0.3, 0.4) is 0 Å². The van der Waals surface area contributed by atoms with Gasteiger partial charge in [-0.3, -0.25) is 10.7 Å². The number of nitrogens with two attached hydrogens (primary N) is 1. The number of likely N-dealkylation sites (tertiary alicyclic amines) is 1. The van der Waals surface area contributed by atoms with Crippen molar-refractivity contribution in [3.8, 4) is 0 Å². The lowest BCUT2D eigenvalue weighted by Gasteiger charge is -2.44. The lowest BCUT2D eigenvalue weighted by atomic mass is 9.99. The maximum Gasteiger partial charge on any atom is 0.0730 e. The van der Waals surface area contributed by atoms with Crippen molar-refractivity contribution in [3.05, 3.63) is 0 Å².